The van der Waals surface area contributed by atoms with Gasteiger partial charge >= 0.3 is 0 Å². The molecular weight excluding hydrogens is 502 g/mol. The highest BCUT2D eigenvalue weighted by Gasteiger charge is 2.13. The summed E-state index contributed by atoms with van der Waals surface area (Å²) in [7, 11) is 0. The van der Waals surface area contributed by atoms with Gasteiger partial charge in [0.15, 0.2) is 0 Å². The maximum Gasteiger partial charge on any atom is 0.251 e. The van der Waals surface area contributed by atoms with E-state index in [4.69, 9.17) is 4.74 Å². The predicted molar refractivity (Wildman–Crippen MR) is 160 cm³/mol. The lowest BCUT2D eigenvalue weighted by atomic mass is 10.1. The van der Waals surface area contributed by atoms with Crippen molar-refractivity contribution in [3.63, 3.8) is 0 Å². The summed E-state index contributed by atoms with van der Waals surface area (Å²) in [5.74, 6) is 1.42. The number of benzene rings is 2. The number of ether oxygens (including phenoxy) is 1. The van der Waals surface area contributed by atoms with E-state index >= 15 is 0 Å². The van der Waals surface area contributed by atoms with Crippen molar-refractivity contribution in [2.75, 3.05) is 43.4 Å². The van der Waals surface area contributed by atoms with Gasteiger partial charge in [-0.05, 0) is 67.8 Å². The van der Waals surface area contributed by atoms with Crippen molar-refractivity contribution in [3.8, 4) is 16.9 Å². The summed E-state index contributed by atoms with van der Waals surface area (Å²) in [6.07, 6.45) is 4.83. The highest BCUT2D eigenvalue weighted by Crippen LogP contribution is 2.25. The van der Waals surface area contributed by atoms with Crippen LogP contribution in [0.25, 0.3) is 11.1 Å². The van der Waals surface area contributed by atoms with E-state index in [1.807, 2.05) is 61.5 Å². The van der Waals surface area contributed by atoms with Gasteiger partial charge in [-0.3, -0.25) is 9.88 Å². The first-order chi connectivity index (χ1) is 19.5. The molecule has 9 nitrogen and oxygen atoms in total. The van der Waals surface area contributed by atoms with Crippen LogP contribution in [0.15, 0.2) is 77.9 Å². The van der Waals surface area contributed by atoms with Crippen molar-refractivity contribution >= 4 is 29.4 Å². The molecule has 0 spiro atoms. The van der Waals surface area contributed by atoms with E-state index in [1.165, 1.54) is 0 Å². The van der Waals surface area contributed by atoms with Crippen molar-refractivity contribution in [1.29, 1.82) is 0 Å². The number of hydrogen-bond donors (Lipinski definition) is 3. The van der Waals surface area contributed by atoms with Crippen LogP contribution in [0.2, 0.25) is 0 Å². The summed E-state index contributed by atoms with van der Waals surface area (Å²) < 4.78 is 5.73. The van der Waals surface area contributed by atoms with Gasteiger partial charge in [0.2, 0.25) is 0 Å². The van der Waals surface area contributed by atoms with E-state index in [2.05, 4.69) is 42.4 Å². The number of nitrogens with zero attached hydrogens (tertiary/aromatic N) is 5. The number of phenolic OH excluding ortho intramolecular Hbond substituents is 1. The Balaban J connectivity index is 1.14. The molecule has 4 aromatic rings. The summed E-state index contributed by atoms with van der Waals surface area (Å²) in [5.41, 5.74) is 5.37. The van der Waals surface area contributed by atoms with E-state index < -0.39 is 0 Å². The largest absolute Gasteiger partial charge is 0.508 e. The topological polar surface area (TPSA) is 108 Å². The Morgan fingerprint density at radius 1 is 1.02 bits per heavy atom. The Bertz CT molecular complexity index is 1420. The van der Waals surface area contributed by atoms with Gasteiger partial charge in [0.25, 0.3) is 5.95 Å². The fourth-order valence-electron chi connectivity index (χ4n) is 4.49. The van der Waals surface area contributed by atoms with E-state index in [0.29, 0.717) is 17.7 Å². The third-order valence-electron chi connectivity index (χ3n) is 6.69. The third-order valence-corrected chi connectivity index (χ3v) is 6.69. The Labute approximate surface area is 235 Å². The number of anilines is 3. The number of nitrogens with one attached hydrogen (secondary N) is 2. The minimum atomic E-state index is 0.255. The van der Waals surface area contributed by atoms with Gasteiger partial charge in [-0.25, -0.2) is 9.98 Å². The Morgan fingerprint density at radius 2 is 1.88 bits per heavy atom. The van der Waals surface area contributed by atoms with Gasteiger partial charge in [-0.1, -0.05) is 24.3 Å². The smallest absolute Gasteiger partial charge is 0.251 e. The van der Waals surface area contributed by atoms with Crippen LogP contribution in [0, 0.1) is 6.92 Å². The fraction of sp³-hybridized carbons (Fsp3) is 0.290. The first kappa shape index (κ1) is 27.2. The maximum atomic E-state index is 9.72. The average molecular weight is 538 g/mol. The van der Waals surface area contributed by atoms with E-state index in [9.17, 15) is 5.11 Å². The molecule has 1 aliphatic rings. The number of hydrogen-bond acceptors (Lipinski definition) is 9. The zero-order valence-electron chi connectivity index (χ0n) is 22.9. The summed E-state index contributed by atoms with van der Waals surface area (Å²) in [5, 5.41) is 16.5. The van der Waals surface area contributed by atoms with Gasteiger partial charge < -0.3 is 20.5 Å². The third kappa shape index (κ3) is 7.84. The molecule has 1 aliphatic heterocycles. The molecule has 0 aliphatic carbocycles. The van der Waals surface area contributed by atoms with E-state index in [1.54, 1.807) is 24.5 Å². The number of pyridine rings is 1. The number of aromatic hydroxyl groups is 1. The highest BCUT2D eigenvalue weighted by molar-refractivity contribution is 5.79. The molecule has 1 atom stereocenters. The average Bonchev–Trinajstić information content (AvgIpc) is 3.16. The molecule has 1 fully saturated rings. The first-order valence-electron chi connectivity index (χ1n) is 13.6. The lowest BCUT2D eigenvalue weighted by Crippen LogP contribution is -2.31. The molecule has 0 saturated carbocycles. The summed E-state index contributed by atoms with van der Waals surface area (Å²) in [6.45, 7) is 8.59. The predicted octanol–water partition coefficient (Wildman–Crippen LogP) is 5.57. The van der Waals surface area contributed by atoms with Crippen molar-refractivity contribution < 1.29 is 9.84 Å². The number of aliphatic imine (C=N–C) groups is 1. The van der Waals surface area contributed by atoms with Gasteiger partial charge in [0, 0.05) is 43.6 Å². The van der Waals surface area contributed by atoms with Crippen molar-refractivity contribution in [3.05, 3.63) is 84.3 Å². The summed E-state index contributed by atoms with van der Waals surface area (Å²) >= 11 is 0. The summed E-state index contributed by atoms with van der Waals surface area (Å²) in [6, 6.07) is 21.0. The van der Waals surface area contributed by atoms with Crippen LogP contribution in [0.4, 0.5) is 23.1 Å². The monoisotopic (exact) mass is 537 g/mol. The van der Waals surface area contributed by atoms with Crippen LogP contribution in [-0.2, 0) is 4.74 Å². The van der Waals surface area contributed by atoms with Gasteiger partial charge in [-0.2, -0.15) is 4.98 Å². The summed E-state index contributed by atoms with van der Waals surface area (Å²) in [4.78, 5) is 20.4. The van der Waals surface area contributed by atoms with Gasteiger partial charge in [0.05, 0.1) is 36.5 Å². The van der Waals surface area contributed by atoms with Crippen molar-refractivity contribution in [2.24, 2.45) is 4.99 Å². The minimum Gasteiger partial charge on any atom is -0.508 e. The molecule has 2 aromatic heterocycles. The fourth-order valence-corrected chi connectivity index (χ4v) is 4.49. The van der Waals surface area contributed by atoms with Crippen LogP contribution >= 0.6 is 0 Å². The van der Waals surface area contributed by atoms with Gasteiger partial charge in [0.1, 0.15) is 11.6 Å². The molecule has 2 aromatic carbocycles. The molecule has 3 N–H and O–H groups in total. The molecule has 206 valence electrons. The number of aromatic nitrogens is 3. The Kier molecular flexibility index (Phi) is 8.95. The van der Waals surface area contributed by atoms with Crippen molar-refractivity contribution in [1.82, 2.24) is 19.9 Å². The number of phenols is 1. The second kappa shape index (κ2) is 13.1. The van der Waals surface area contributed by atoms with Crippen LogP contribution in [0.1, 0.15) is 24.7 Å². The molecule has 40 heavy (non-hydrogen) atoms. The zero-order valence-corrected chi connectivity index (χ0v) is 22.9. The SMILES string of the molecule is Cc1cc(NCCN2CCOC(C)CC2)nc(N=Cc2ccc(Nc3ccc(-c4cccc(O)c4)cc3)cn2)n1. The van der Waals surface area contributed by atoms with Crippen LogP contribution in [-0.4, -0.2) is 70.1 Å². The Hall–Kier alpha value is -4.34. The second-order valence-electron chi connectivity index (χ2n) is 9.92. The lowest BCUT2D eigenvalue weighted by molar-refractivity contribution is 0.0752. The van der Waals surface area contributed by atoms with Crippen molar-refractivity contribution in [2.45, 2.75) is 26.4 Å². The normalized spacial score (nSPS) is 16.1. The van der Waals surface area contributed by atoms with Crippen LogP contribution in [0.3, 0.4) is 0 Å². The van der Waals surface area contributed by atoms with Crippen LogP contribution < -0.4 is 10.6 Å². The number of aryl methyl sites for hydroxylation is 1. The standard InChI is InChI=1S/C31H35N7O2/c1-22-18-30(32-13-15-38-14-12-23(2)40-17-16-38)37-31(35-22)34-20-27-10-11-28(21-33-27)36-26-8-6-24(7-9-26)25-4-3-5-29(39)19-25/h3-11,18-21,23,36,39H,12-17H2,1-2H3,(H,32,35,37). The lowest BCUT2D eigenvalue weighted by Gasteiger charge is -2.19. The molecule has 0 amide bonds. The molecule has 9 heteroatoms. The molecule has 1 unspecified atom stereocenters. The highest BCUT2D eigenvalue weighted by atomic mass is 16.5. The second-order valence-corrected chi connectivity index (χ2v) is 9.92. The van der Waals surface area contributed by atoms with Gasteiger partial charge in [-0.15, -0.1) is 0 Å². The molecule has 3 heterocycles. The number of rotatable bonds is 9. The Morgan fingerprint density at radius 3 is 2.67 bits per heavy atom. The molecule has 1 saturated heterocycles. The zero-order chi connectivity index (χ0) is 27.7. The minimum absolute atomic E-state index is 0.255. The molecule has 0 radical (unpaired) electrons. The molecular formula is C31H35N7O2. The maximum absolute atomic E-state index is 9.72. The van der Waals surface area contributed by atoms with E-state index in [0.717, 1.165) is 73.2 Å². The molecule has 5 rings (SSSR count). The quantitative estimate of drug-likeness (QED) is 0.238. The molecule has 0 bridgehead atoms. The van der Waals surface area contributed by atoms with E-state index in [-0.39, 0.29) is 5.75 Å². The van der Waals surface area contributed by atoms with Crippen LogP contribution in [0.5, 0.6) is 5.75 Å². The first-order valence-corrected chi connectivity index (χ1v) is 13.6.